The molecule has 0 amide bonds. The van der Waals surface area contributed by atoms with E-state index >= 15 is 0 Å². The van der Waals surface area contributed by atoms with Gasteiger partial charge in [0.05, 0.1) is 25.8 Å². The Labute approximate surface area is 252 Å². The van der Waals surface area contributed by atoms with Crippen molar-refractivity contribution in [2.45, 2.75) is 19.3 Å². The Balaban J connectivity index is 1.34. The number of rotatable bonds is 7. The number of alkyl halides is 3. The van der Waals surface area contributed by atoms with Gasteiger partial charge in [0.1, 0.15) is 11.6 Å². The van der Waals surface area contributed by atoms with E-state index in [2.05, 4.69) is 0 Å². The minimum Gasteiger partial charge on any atom is -0.497 e. The Hall–Kier alpha value is -4.99. The van der Waals surface area contributed by atoms with Crippen molar-refractivity contribution in [3.63, 3.8) is 0 Å². The summed E-state index contributed by atoms with van der Waals surface area (Å²) >= 11 is 0. The molecule has 1 fully saturated rings. The minimum atomic E-state index is -4.43. The molecule has 0 spiro atoms. The number of benzene rings is 4. The minimum absolute atomic E-state index is 0.116. The van der Waals surface area contributed by atoms with E-state index in [1.54, 1.807) is 17.7 Å². The van der Waals surface area contributed by atoms with Crippen LogP contribution in [0.1, 0.15) is 16.7 Å². The monoisotopic (exact) mass is 600 g/mol. The van der Waals surface area contributed by atoms with Gasteiger partial charge in [0, 0.05) is 37.9 Å². The molecule has 44 heavy (non-hydrogen) atoms. The van der Waals surface area contributed by atoms with Crippen molar-refractivity contribution in [2.24, 2.45) is 0 Å². The molecule has 0 unspecified atom stereocenters. The molecule has 6 rings (SSSR count). The zero-order chi connectivity index (χ0) is 30.8. The van der Waals surface area contributed by atoms with Crippen LogP contribution in [0.2, 0.25) is 0 Å². The van der Waals surface area contributed by atoms with Crippen LogP contribution in [0.4, 0.5) is 24.7 Å². The van der Waals surface area contributed by atoms with E-state index in [9.17, 15) is 22.8 Å². The van der Waals surface area contributed by atoms with Crippen LogP contribution in [-0.2, 0) is 19.3 Å². The van der Waals surface area contributed by atoms with Gasteiger partial charge in [-0.05, 0) is 52.2 Å². The Bertz CT molecular complexity index is 1900. The molecule has 4 aromatic carbocycles. The summed E-state index contributed by atoms with van der Waals surface area (Å²) in [4.78, 5) is 31.5. The average Bonchev–Trinajstić information content (AvgIpc) is 3.04. The topological polar surface area (TPSA) is 59.7 Å². The highest BCUT2D eigenvalue weighted by atomic mass is 19.4. The van der Waals surface area contributed by atoms with Crippen molar-refractivity contribution in [1.29, 1.82) is 0 Å². The number of hydrogen-bond acceptors (Lipinski definition) is 5. The third-order valence-corrected chi connectivity index (χ3v) is 8.11. The second kappa shape index (κ2) is 11.9. The molecule has 1 aromatic heterocycles. The SMILES string of the molecule is COc1ccc(Cn2c(N3CCN(c4cccc(C(F)(F)F)c4)CC3)cc(=O)n(Cc3cccc4ccccc34)c2=O)cc1. The molecule has 7 nitrogen and oxygen atoms in total. The smallest absolute Gasteiger partial charge is 0.416 e. The summed E-state index contributed by atoms with van der Waals surface area (Å²) in [6.07, 6.45) is -4.43. The first-order valence-electron chi connectivity index (χ1n) is 14.3. The Morgan fingerprint density at radius 2 is 1.41 bits per heavy atom. The number of ether oxygens (including phenoxy) is 1. The number of hydrogen-bond donors (Lipinski definition) is 0. The lowest BCUT2D eigenvalue weighted by Gasteiger charge is -2.38. The van der Waals surface area contributed by atoms with E-state index < -0.39 is 23.0 Å². The Morgan fingerprint density at radius 3 is 2.14 bits per heavy atom. The number of halogens is 3. The molecule has 0 atom stereocenters. The largest absolute Gasteiger partial charge is 0.497 e. The average molecular weight is 601 g/mol. The summed E-state index contributed by atoms with van der Waals surface area (Å²) < 4.78 is 48.1. The van der Waals surface area contributed by atoms with Crippen molar-refractivity contribution in [3.05, 3.63) is 135 Å². The van der Waals surface area contributed by atoms with Gasteiger partial charge in [-0.2, -0.15) is 13.2 Å². The molecule has 0 saturated carbocycles. The maximum Gasteiger partial charge on any atom is 0.416 e. The molecule has 226 valence electrons. The summed E-state index contributed by atoms with van der Waals surface area (Å²) in [6.45, 7) is 2.04. The summed E-state index contributed by atoms with van der Waals surface area (Å²) in [5.74, 6) is 1.17. The lowest BCUT2D eigenvalue weighted by molar-refractivity contribution is -0.137. The third-order valence-electron chi connectivity index (χ3n) is 8.11. The first kappa shape index (κ1) is 29.1. The van der Waals surface area contributed by atoms with E-state index in [4.69, 9.17) is 4.74 Å². The normalized spacial score (nSPS) is 13.8. The molecule has 1 aliphatic heterocycles. The molecule has 1 saturated heterocycles. The van der Waals surface area contributed by atoms with Crippen LogP contribution in [0, 0.1) is 0 Å². The molecule has 0 N–H and O–H groups in total. The second-order valence-corrected chi connectivity index (χ2v) is 10.8. The fourth-order valence-electron chi connectivity index (χ4n) is 5.75. The van der Waals surface area contributed by atoms with Gasteiger partial charge in [0.25, 0.3) is 5.56 Å². The number of nitrogens with zero attached hydrogens (tertiary/aromatic N) is 4. The van der Waals surface area contributed by atoms with Crippen LogP contribution in [0.25, 0.3) is 10.8 Å². The summed E-state index contributed by atoms with van der Waals surface area (Å²) in [5, 5.41) is 1.99. The molecule has 0 aliphatic carbocycles. The molecule has 1 aliphatic rings. The van der Waals surface area contributed by atoms with Crippen LogP contribution >= 0.6 is 0 Å². The van der Waals surface area contributed by atoms with Gasteiger partial charge in [-0.15, -0.1) is 0 Å². The van der Waals surface area contributed by atoms with Crippen LogP contribution in [0.3, 0.4) is 0 Å². The van der Waals surface area contributed by atoms with E-state index in [0.717, 1.165) is 34.0 Å². The number of anilines is 2. The van der Waals surface area contributed by atoms with Gasteiger partial charge in [-0.1, -0.05) is 60.7 Å². The predicted octanol–water partition coefficient (Wildman–Crippen LogP) is 5.61. The van der Waals surface area contributed by atoms with Crippen LogP contribution in [-0.4, -0.2) is 42.4 Å². The van der Waals surface area contributed by atoms with Crippen molar-refractivity contribution >= 4 is 22.3 Å². The highest BCUT2D eigenvalue weighted by Gasteiger charge is 2.31. The first-order valence-corrected chi connectivity index (χ1v) is 14.3. The highest BCUT2D eigenvalue weighted by Crippen LogP contribution is 2.32. The Kier molecular flexibility index (Phi) is 7.90. The van der Waals surface area contributed by atoms with Gasteiger partial charge >= 0.3 is 11.9 Å². The van der Waals surface area contributed by atoms with Crippen LogP contribution in [0.15, 0.2) is 107 Å². The van der Waals surface area contributed by atoms with Crippen molar-refractivity contribution in [3.8, 4) is 5.75 Å². The Morgan fingerprint density at radius 1 is 0.727 bits per heavy atom. The molecule has 5 aromatic rings. The van der Waals surface area contributed by atoms with Gasteiger partial charge < -0.3 is 14.5 Å². The van der Waals surface area contributed by atoms with Crippen molar-refractivity contribution < 1.29 is 17.9 Å². The van der Waals surface area contributed by atoms with E-state index in [1.807, 2.05) is 76.5 Å². The van der Waals surface area contributed by atoms with Gasteiger partial charge in [-0.25, -0.2) is 4.79 Å². The van der Waals surface area contributed by atoms with Gasteiger partial charge in [0.15, 0.2) is 0 Å². The maximum absolute atomic E-state index is 14.1. The number of piperazine rings is 1. The third kappa shape index (κ3) is 5.92. The van der Waals surface area contributed by atoms with Crippen LogP contribution < -0.4 is 25.8 Å². The molecular weight excluding hydrogens is 569 g/mol. The molecule has 2 heterocycles. The molecular formula is C34H31F3N4O3. The van der Waals surface area contributed by atoms with Crippen molar-refractivity contribution in [1.82, 2.24) is 9.13 Å². The first-order chi connectivity index (χ1) is 21.2. The maximum atomic E-state index is 14.1. The van der Waals surface area contributed by atoms with E-state index in [0.29, 0.717) is 43.4 Å². The fraction of sp³-hybridized carbons (Fsp3) is 0.235. The lowest BCUT2D eigenvalue weighted by atomic mass is 10.0. The van der Waals surface area contributed by atoms with Crippen molar-refractivity contribution in [2.75, 3.05) is 43.1 Å². The van der Waals surface area contributed by atoms with Crippen LogP contribution in [0.5, 0.6) is 5.75 Å². The second-order valence-electron chi connectivity index (χ2n) is 10.8. The number of aromatic nitrogens is 2. The summed E-state index contributed by atoms with van der Waals surface area (Å²) in [7, 11) is 1.58. The summed E-state index contributed by atoms with van der Waals surface area (Å²) in [5.41, 5.74) is 0.662. The fourth-order valence-corrected chi connectivity index (χ4v) is 5.75. The lowest BCUT2D eigenvalue weighted by Crippen LogP contribution is -2.50. The zero-order valence-corrected chi connectivity index (χ0v) is 24.1. The number of methoxy groups -OCH3 is 1. The highest BCUT2D eigenvalue weighted by molar-refractivity contribution is 5.85. The van der Waals surface area contributed by atoms with E-state index in [-0.39, 0.29) is 13.1 Å². The molecule has 0 radical (unpaired) electrons. The van der Waals surface area contributed by atoms with Gasteiger partial charge in [-0.3, -0.25) is 13.9 Å². The zero-order valence-electron chi connectivity index (χ0n) is 24.1. The molecule has 0 bridgehead atoms. The standard InChI is InChI=1S/C34H31F3N4O3/c1-44-29-14-12-24(13-15-29)22-40-31(39-18-16-38(17-19-39)28-10-5-9-27(20-28)34(35,36)37)21-32(42)41(33(40)43)23-26-8-4-7-25-6-2-3-11-30(25)26/h2-15,20-21H,16-19,22-23H2,1H3. The van der Waals surface area contributed by atoms with Gasteiger partial charge in [0.2, 0.25) is 0 Å². The van der Waals surface area contributed by atoms with E-state index in [1.165, 1.54) is 16.7 Å². The molecule has 10 heteroatoms. The summed E-state index contributed by atoms with van der Waals surface area (Å²) in [6, 6.07) is 27.8. The predicted molar refractivity (Wildman–Crippen MR) is 166 cm³/mol. The number of fused-ring (bicyclic) bond motifs is 1. The quantitative estimate of drug-likeness (QED) is 0.243.